The normalized spacial score (nSPS) is 13.0. The van der Waals surface area contributed by atoms with Gasteiger partial charge in [-0.05, 0) is 34.6 Å². The van der Waals surface area contributed by atoms with Gasteiger partial charge in [0.25, 0.3) is 0 Å². The Kier molecular flexibility index (Phi) is 4.92. The number of allylic oxidation sites excluding steroid dienone is 5. The molecule has 0 aliphatic heterocycles. The molecule has 3 rings (SSSR count). The summed E-state index contributed by atoms with van der Waals surface area (Å²) in [6.45, 7) is 0.301. The van der Waals surface area contributed by atoms with Crippen LogP contribution < -0.4 is 4.74 Å². The van der Waals surface area contributed by atoms with Crippen LogP contribution in [0.5, 0.6) is 5.75 Å². The van der Waals surface area contributed by atoms with E-state index in [0.29, 0.717) is 6.61 Å². The molecule has 0 radical (unpaired) electrons. The fraction of sp³-hybridized carbons (Fsp3) is 0.0952. The molecule has 2 aromatic rings. The molecule has 0 aromatic heterocycles. The largest absolute Gasteiger partial charge is 0.489 e. The van der Waals surface area contributed by atoms with E-state index >= 15 is 0 Å². The zero-order valence-corrected chi connectivity index (χ0v) is 13.4. The van der Waals surface area contributed by atoms with E-state index in [2.05, 4.69) is 35.1 Å². The number of benzene rings is 2. The van der Waals surface area contributed by atoms with Crippen LogP contribution in [0, 0.1) is 0 Å². The van der Waals surface area contributed by atoms with Crippen LogP contribution in [-0.2, 0) is 9.53 Å². The van der Waals surface area contributed by atoms with E-state index in [1.54, 1.807) is 6.08 Å². The van der Waals surface area contributed by atoms with Crippen LogP contribution in [0.2, 0.25) is 0 Å². The van der Waals surface area contributed by atoms with Gasteiger partial charge in [0.2, 0.25) is 0 Å². The van der Waals surface area contributed by atoms with E-state index in [-0.39, 0.29) is 5.97 Å². The Bertz CT molecular complexity index is 856. The minimum Gasteiger partial charge on any atom is -0.489 e. The number of esters is 1. The van der Waals surface area contributed by atoms with Crippen molar-refractivity contribution in [1.82, 2.24) is 0 Å². The van der Waals surface area contributed by atoms with Gasteiger partial charge in [-0.25, -0.2) is 4.79 Å². The number of hydrogen-bond donors (Lipinski definition) is 0. The summed E-state index contributed by atoms with van der Waals surface area (Å²) < 4.78 is 10.4. The quantitative estimate of drug-likeness (QED) is 0.603. The van der Waals surface area contributed by atoms with Gasteiger partial charge >= 0.3 is 5.97 Å². The highest BCUT2D eigenvalue weighted by atomic mass is 16.5. The van der Waals surface area contributed by atoms with Crippen LogP contribution >= 0.6 is 0 Å². The van der Waals surface area contributed by atoms with Crippen molar-refractivity contribution < 1.29 is 14.3 Å². The topological polar surface area (TPSA) is 35.5 Å². The summed E-state index contributed by atoms with van der Waals surface area (Å²) in [6, 6.07) is 12.2. The standard InChI is InChI=1S/C21H18O3/c1-23-21(22)11-6-14-24-20-13-12-17-9-4-5-10-18(17)19(20)15-16-7-2-3-8-16/h2-13,15H,14H2,1H3/b11-6+. The van der Waals surface area contributed by atoms with Gasteiger partial charge in [-0.3, -0.25) is 0 Å². The van der Waals surface area contributed by atoms with Crippen LogP contribution in [-0.4, -0.2) is 19.7 Å². The van der Waals surface area contributed by atoms with Crippen molar-refractivity contribution >= 4 is 22.8 Å². The molecule has 0 saturated carbocycles. The fourth-order valence-electron chi connectivity index (χ4n) is 2.55. The molecule has 3 nitrogen and oxygen atoms in total. The molecule has 24 heavy (non-hydrogen) atoms. The monoisotopic (exact) mass is 318 g/mol. The van der Waals surface area contributed by atoms with E-state index in [9.17, 15) is 4.79 Å². The van der Waals surface area contributed by atoms with Gasteiger partial charge in [0, 0.05) is 11.6 Å². The lowest BCUT2D eigenvalue weighted by atomic mass is 10.0. The van der Waals surface area contributed by atoms with Crippen molar-refractivity contribution in [2.75, 3.05) is 13.7 Å². The second-order valence-electron chi connectivity index (χ2n) is 5.30. The van der Waals surface area contributed by atoms with Crippen LogP contribution in [0.1, 0.15) is 5.56 Å². The second kappa shape index (κ2) is 7.47. The Morgan fingerprint density at radius 2 is 1.88 bits per heavy atom. The summed E-state index contributed by atoms with van der Waals surface area (Å²) in [5.74, 6) is 0.394. The maximum atomic E-state index is 11.1. The van der Waals surface area contributed by atoms with Gasteiger partial charge in [0.15, 0.2) is 0 Å². The average Bonchev–Trinajstić information content (AvgIpc) is 3.13. The zero-order chi connectivity index (χ0) is 16.8. The fourth-order valence-corrected chi connectivity index (χ4v) is 2.55. The SMILES string of the molecule is COC(=O)/C=C/COc1ccc2ccccc2c1C=C1C=CC=C1. The Hall–Kier alpha value is -3.07. The molecule has 2 aromatic carbocycles. The Labute approximate surface area is 141 Å². The number of carbonyl (C=O) groups excluding carboxylic acids is 1. The first-order chi connectivity index (χ1) is 11.8. The number of carbonyl (C=O) groups is 1. The molecule has 0 atom stereocenters. The summed E-state index contributed by atoms with van der Waals surface area (Å²) in [7, 11) is 1.35. The van der Waals surface area contributed by atoms with E-state index < -0.39 is 0 Å². The number of methoxy groups -OCH3 is 1. The molecule has 1 aliphatic carbocycles. The minimum absolute atomic E-state index is 0.301. The van der Waals surface area contributed by atoms with Crippen molar-refractivity contribution in [2.45, 2.75) is 0 Å². The highest BCUT2D eigenvalue weighted by molar-refractivity contribution is 5.94. The molecule has 3 heteroatoms. The highest BCUT2D eigenvalue weighted by Gasteiger charge is 2.07. The Morgan fingerprint density at radius 1 is 1.08 bits per heavy atom. The first-order valence-corrected chi connectivity index (χ1v) is 7.73. The van der Waals surface area contributed by atoms with Crippen molar-refractivity contribution in [2.24, 2.45) is 0 Å². The summed E-state index contributed by atoms with van der Waals surface area (Å²) in [4.78, 5) is 11.1. The first-order valence-electron chi connectivity index (χ1n) is 7.73. The van der Waals surface area contributed by atoms with Gasteiger partial charge in [-0.1, -0.05) is 54.6 Å². The van der Waals surface area contributed by atoms with Crippen molar-refractivity contribution in [3.05, 3.63) is 84.0 Å². The number of ether oxygens (including phenoxy) is 2. The van der Waals surface area contributed by atoms with E-state index in [1.165, 1.54) is 13.2 Å². The predicted molar refractivity (Wildman–Crippen MR) is 96.9 cm³/mol. The Morgan fingerprint density at radius 3 is 2.67 bits per heavy atom. The van der Waals surface area contributed by atoms with Crippen molar-refractivity contribution in [1.29, 1.82) is 0 Å². The third-order valence-electron chi connectivity index (χ3n) is 3.72. The minimum atomic E-state index is -0.388. The second-order valence-corrected chi connectivity index (χ2v) is 5.30. The maximum absolute atomic E-state index is 11.1. The lowest BCUT2D eigenvalue weighted by Crippen LogP contribution is -1.99. The summed E-state index contributed by atoms with van der Waals surface area (Å²) in [5.41, 5.74) is 2.16. The van der Waals surface area contributed by atoms with Gasteiger partial charge in [0.05, 0.1) is 7.11 Å². The molecular formula is C21H18O3. The van der Waals surface area contributed by atoms with E-state index in [0.717, 1.165) is 27.7 Å². The van der Waals surface area contributed by atoms with Gasteiger partial charge in [-0.15, -0.1) is 0 Å². The average molecular weight is 318 g/mol. The zero-order valence-electron chi connectivity index (χ0n) is 13.4. The van der Waals surface area contributed by atoms with Crippen LogP contribution in [0.3, 0.4) is 0 Å². The van der Waals surface area contributed by atoms with Gasteiger partial charge in [0.1, 0.15) is 12.4 Å². The lowest BCUT2D eigenvalue weighted by Gasteiger charge is -2.11. The van der Waals surface area contributed by atoms with E-state index in [4.69, 9.17) is 4.74 Å². The van der Waals surface area contributed by atoms with Crippen molar-refractivity contribution in [3.63, 3.8) is 0 Å². The molecule has 0 spiro atoms. The summed E-state index contributed by atoms with van der Waals surface area (Å²) in [6.07, 6.45) is 13.3. The predicted octanol–water partition coefficient (Wildman–Crippen LogP) is 4.46. The highest BCUT2D eigenvalue weighted by Crippen LogP contribution is 2.31. The third-order valence-corrected chi connectivity index (χ3v) is 3.72. The Balaban J connectivity index is 1.93. The molecule has 120 valence electrons. The molecule has 0 bridgehead atoms. The molecule has 0 fully saturated rings. The smallest absolute Gasteiger partial charge is 0.330 e. The molecule has 0 amide bonds. The first kappa shape index (κ1) is 15.8. The third kappa shape index (κ3) is 3.63. The summed E-state index contributed by atoms with van der Waals surface area (Å²) in [5, 5.41) is 2.29. The lowest BCUT2D eigenvalue weighted by molar-refractivity contribution is -0.134. The number of rotatable bonds is 5. The molecule has 0 unspecified atom stereocenters. The molecular weight excluding hydrogens is 300 g/mol. The van der Waals surface area contributed by atoms with Crippen LogP contribution in [0.15, 0.2) is 78.4 Å². The van der Waals surface area contributed by atoms with E-state index in [1.807, 2.05) is 36.4 Å². The number of hydrogen-bond acceptors (Lipinski definition) is 3. The van der Waals surface area contributed by atoms with Crippen molar-refractivity contribution in [3.8, 4) is 5.75 Å². The van der Waals surface area contributed by atoms with Gasteiger partial charge in [-0.2, -0.15) is 0 Å². The summed E-state index contributed by atoms with van der Waals surface area (Å²) >= 11 is 0. The molecule has 0 heterocycles. The number of fused-ring (bicyclic) bond motifs is 1. The maximum Gasteiger partial charge on any atom is 0.330 e. The van der Waals surface area contributed by atoms with Gasteiger partial charge < -0.3 is 9.47 Å². The van der Waals surface area contributed by atoms with Crippen LogP contribution in [0.25, 0.3) is 16.8 Å². The van der Waals surface area contributed by atoms with Crippen LogP contribution in [0.4, 0.5) is 0 Å². The molecule has 1 aliphatic rings. The molecule has 0 N–H and O–H groups in total. The molecule has 0 saturated heterocycles.